The van der Waals surface area contributed by atoms with Crippen molar-refractivity contribution in [2.45, 2.75) is 26.0 Å². The SMILES string of the molecule is CCOc1ccc(NC2=NCC(C(C)C)S2)cn1. The number of rotatable bonds is 4. The Kier molecular flexibility index (Phi) is 4.47. The van der Waals surface area contributed by atoms with Crippen molar-refractivity contribution < 1.29 is 4.74 Å². The van der Waals surface area contributed by atoms with Crippen LogP contribution < -0.4 is 10.1 Å². The highest BCUT2D eigenvalue weighted by atomic mass is 32.2. The Labute approximate surface area is 112 Å². The van der Waals surface area contributed by atoms with E-state index in [-0.39, 0.29) is 0 Å². The van der Waals surface area contributed by atoms with Crippen molar-refractivity contribution in [1.82, 2.24) is 4.98 Å². The number of aromatic nitrogens is 1. The van der Waals surface area contributed by atoms with E-state index in [2.05, 4.69) is 29.1 Å². The monoisotopic (exact) mass is 265 g/mol. The van der Waals surface area contributed by atoms with E-state index in [4.69, 9.17) is 4.74 Å². The van der Waals surface area contributed by atoms with Crippen LogP contribution in [0.1, 0.15) is 20.8 Å². The van der Waals surface area contributed by atoms with Crippen molar-refractivity contribution in [3.05, 3.63) is 18.3 Å². The summed E-state index contributed by atoms with van der Waals surface area (Å²) in [5.41, 5.74) is 0.953. The van der Waals surface area contributed by atoms with Gasteiger partial charge in [-0.1, -0.05) is 25.6 Å². The topological polar surface area (TPSA) is 46.5 Å². The highest BCUT2D eigenvalue weighted by Gasteiger charge is 2.22. The number of anilines is 1. The summed E-state index contributed by atoms with van der Waals surface area (Å²) in [4.78, 5) is 8.72. The maximum atomic E-state index is 5.31. The largest absolute Gasteiger partial charge is 0.478 e. The van der Waals surface area contributed by atoms with Gasteiger partial charge in [-0.3, -0.25) is 4.99 Å². The molecule has 0 aliphatic carbocycles. The number of ether oxygens (including phenoxy) is 1. The normalized spacial score (nSPS) is 18.9. The van der Waals surface area contributed by atoms with Crippen molar-refractivity contribution in [1.29, 1.82) is 0 Å². The van der Waals surface area contributed by atoms with Gasteiger partial charge < -0.3 is 10.1 Å². The first-order valence-corrected chi connectivity index (χ1v) is 7.14. The second kappa shape index (κ2) is 6.09. The molecule has 4 nitrogen and oxygen atoms in total. The average Bonchev–Trinajstić information content (AvgIpc) is 2.81. The molecule has 1 aliphatic heterocycles. The molecule has 1 aliphatic rings. The van der Waals surface area contributed by atoms with Crippen molar-refractivity contribution in [3.63, 3.8) is 0 Å². The zero-order valence-corrected chi connectivity index (χ0v) is 11.8. The van der Waals surface area contributed by atoms with Crippen LogP contribution in [0.3, 0.4) is 0 Å². The summed E-state index contributed by atoms with van der Waals surface area (Å²) in [5, 5.41) is 4.86. The Balaban J connectivity index is 1.90. The second-order valence-electron chi connectivity index (χ2n) is 4.49. The van der Waals surface area contributed by atoms with Gasteiger partial charge in [-0.05, 0) is 18.9 Å². The minimum atomic E-state index is 0.586. The summed E-state index contributed by atoms with van der Waals surface area (Å²) in [6.07, 6.45) is 1.77. The molecule has 1 atom stereocenters. The molecule has 0 amide bonds. The molecule has 18 heavy (non-hydrogen) atoms. The van der Waals surface area contributed by atoms with Crippen LogP contribution >= 0.6 is 11.8 Å². The van der Waals surface area contributed by atoms with Crippen LogP contribution in [-0.2, 0) is 0 Å². The quantitative estimate of drug-likeness (QED) is 0.909. The van der Waals surface area contributed by atoms with E-state index in [0.29, 0.717) is 23.7 Å². The molecule has 1 N–H and O–H groups in total. The molecule has 0 spiro atoms. The Hall–Kier alpha value is -1.23. The smallest absolute Gasteiger partial charge is 0.213 e. The fourth-order valence-corrected chi connectivity index (χ4v) is 2.65. The number of thioether (sulfide) groups is 1. The number of hydrogen-bond acceptors (Lipinski definition) is 5. The van der Waals surface area contributed by atoms with E-state index in [1.807, 2.05) is 30.8 Å². The first-order chi connectivity index (χ1) is 8.69. The lowest BCUT2D eigenvalue weighted by molar-refractivity contribution is 0.327. The minimum absolute atomic E-state index is 0.586. The van der Waals surface area contributed by atoms with Crippen molar-refractivity contribution in [3.8, 4) is 5.88 Å². The van der Waals surface area contributed by atoms with Gasteiger partial charge in [0.15, 0.2) is 5.17 Å². The van der Waals surface area contributed by atoms with Crippen molar-refractivity contribution in [2.75, 3.05) is 18.5 Å². The molecule has 98 valence electrons. The molecule has 2 rings (SSSR count). The van der Waals surface area contributed by atoms with Crippen LogP contribution in [0.2, 0.25) is 0 Å². The lowest BCUT2D eigenvalue weighted by Crippen LogP contribution is -2.13. The lowest BCUT2D eigenvalue weighted by atomic mass is 10.1. The van der Waals surface area contributed by atoms with Gasteiger partial charge in [0.2, 0.25) is 5.88 Å². The van der Waals surface area contributed by atoms with Crippen LogP contribution in [0.5, 0.6) is 5.88 Å². The van der Waals surface area contributed by atoms with Crippen LogP contribution in [0.15, 0.2) is 23.3 Å². The van der Waals surface area contributed by atoms with E-state index < -0.39 is 0 Å². The Morgan fingerprint density at radius 1 is 1.50 bits per heavy atom. The predicted octanol–water partition coefficient (Wildman–Crippen LogP) is 3.02. The van der Waals surface area contributed by atoms with Crippen LogP contribution in [0, 0.1) is 5.92 Å². The summed E-state index contributed by atoms with van der Waals surface area (Å²) in [5.74, 6) is 1.31. The number of nitrogens with one attached hydrogen (secondary N) is 1. The summed E-state index contributed by atoms with van der Waals surface area (Å²) in [6, 6.07) is 3.83. The average molecular weight is 265 g/mol. The zero-order valence-electron chi connectivity index (χ0n) is 11.0. The third-order valence-electron chi connectivity index (χ3n) is 2.70. The van der Waals surface area contributed by atoms with Gasteiger partial charge in [0.1, 0.15) is 0 Å². The molecule has 5 heteroatoms. The molecule has 1 unspecified atom stereocenters. The van der Waals surface area contributed by atoms with Crippen molar-refractivity contribution in [2.24, 2.45) is 10.9 Å². The van der Waals surface area contributed by atoms with Gasteiger partial charge in [0.25, 0.3) is 0 Å². The van der Waals surface area contributed by atoms with E-state index >= 15 is 0 Å². The molecule has 1 aromatic heterocycles. The van der Waals surface area contributed by atoms with E-state index in [1.165, 1.54) is 0 Å². The van der Waals surface area contributed by atoms with Gasteiger partial charge in [-0.2, -0.15) is 0 Å². The Morgan fingerprint density at radius 3 is 2.89 bits per heavy atom. The molecule has 0 fully saturated rings. The standard InChI is InChI=1S/C13H19N3OS/c1-4-17-12-6-5-10(7-14-12)16-13-15-8-11(18-13)9(2)3/h5-7,9,11H,4,8H2,1-3H3,(H,15,16). The van der Waals surface area contributed by atoms with E-state index in [9.17, 15) is 0 Å². The van der Waals surface area contributed by atoms with Gasteiger partial charge in [-0.25, -0.2) is 4.98 Å². The molecule has 0 saturated carbocycles. The molecule has 0 saturated heterocycles. The number of aliphatic imine (C=N–C) groups is 1. The maximum absolute atomic E-state index is 5.31. The predicted molar refractivity (Wildman–Crippen MR) is 77.5 cm³/mol. The van der Waals surface area contributed by atoms with Gasteiger partial charge in [0, 0.05) is 11.3 Å². The highest BCUT2D eigenvalue weighted by molar-refractivity contribution is 8.15. The molecular formula is C13H19N3OS. The van der Waals surface area contributed by atoms with Crippen LogP contribution in [0.25, 0.3) is 0 Å². The van der Waals surface area contributed by atoms with Crippen LogP contribution in [0.4, 0.5) is 5.69 Å². The fraction of sp³-hybridized carbons (Fsp3) is 0.538. The highest BCUT2D eigenvalue weighted by Crippen LogP contribution is 2.27. The first kappa shape index (κ1) is 13.2. The first-order valence-electron chi connectivity index (χ1n) is 6.26. The molecule has 0 aromatic carbocycles. The number of nitrogens with zero attached hydrogens (tertiary/aromatic N) is 2. The zero-order chi connectivity index (χ0) is 13.0. The Morgan fingerprint density at radius 2 is 2.33 bits per heavy atom. The number of hydrogen-bond donors (Lipinski definition) is 1. The van der Waals surface area contributed by atoms with Gasteiger partial charge >= 0.3 is 0 Å². The lowest BCUT2D eigenvalue weighted by Gasteiger charge is -2.12. The van der Waals surface area contributed by atoms with Gasteiger partial charge in [-0.15, -0.1) is 0 Å². The molecular weight excluding hydrogens is 246 g/mol. The summed E-state index contributed by atoms with van der Waals surface area (Å²) >= 11 is 1.81. The number of pyridine rings is 1. The molecule has 0 radical (unpaired) electrons. The van der Waals surface area contributed by atoms with Crippen molar-refractivity contribution >= 4 is 22.6 Å². The van der Waals surface area contributed by atoms with E-state index in [0.717, 1.165) is 17.4 Å². The summed E-state index contributed by atoms with van der Waals surface area (Å²) in [7, 11) is 0. The molecule has 1 aromatic rings. The number of amidine groups is 1. The molecule has 0 bridgehead atoms. The minimum Gasteiger partial charge on any atom is -0.478 e. The third-order valence-corrected chi connectivity index (χ3v) is 4.15. The van der Waals surface area contributed by atoms with Gasteiger partial charge in [0.05, 0.1) is 25.0 Å². The maximum Gasteiger partial charge on any atom is 0.213 e. The summed E-state index contributed by atoms with van der Waals surface area (Å²) < 4.78 is 5.31. The Bertz CT molecular complexity index is 417. The molecule has 2 heterocycles. The fourth-order valence-electron chi connectivity index (χ4n) is 1.62. The van der Waals surface area contributed by atoms with Crippen LogP contribution in [-0.4, -0.2) is 28.6 Å². The summed E-state index contributed by atoms with van der Waals surface area (Å²) in [6.45, 7) is 7.94. The third kappa shape index (κ3) is 3.38. The van der Waals surface area contributed by atoms with E-state index in [1.54, 1.807) is 6.20 Å². The second-order valence-corrected chi connectivity index (χ2v) is 5.72.